The maximum Gasteiger partial charge on any atom is 0.169 e. The van der Waals surface area contributed by atoms with Crippen LogP contribution in [0, 0.1) is 5.82 Å². The first-order valence-corrected chi connectivity index (χ1v) is 6.10. The number of alkyl halides is 1. The van der Waals surface area contributed by atoms with E-state index in [2.05, 4.69) is 27.8 Å². The van der Waals surface area contributed by atoms with Crippen LogP contribution < -0.4 is 4.74 Å². The lowest BCUT2D eigenvalue weighted by Crippen LogP contribution is -2.24. The summed E-state index contributed by atoms with van der Waals surface area (Å²) >= 11 is 3.47. The largest absolute Gasteiger partial charge is 0.494 e. The van der Waals surface area contributed by atoms with Crippen LogP contribution in [0.3, 0.4) is 0 Å². The van der Waals surface area contributed by atoms with E-state index in [9.17, 15) is 4.39 Å². The summed E-state index contributed by atoms with van der Waals surface area (Å²) in [5.74, 6) is 0.0388. The lowest BCUT2D eigenvalue weighted by atomic mass is 10.2. The number of hydrogen-bond acceptors (Lipinski definition) is 2. The molecule has 0 radical (unpaired) electrons. The van der Waals surface area contributed by atoms with Crippen molar-refractivity contribution in [3.8, 4) is 5.75 Å². The van der Waals surface area contributed by atoms with Gasteiger partial charge in [0.05, 0.1) is 7.11 Å². The molecule has 1 aromatic rings. The summed E-state index contributed by atoms with van der Waals surface area (Å²) in [6, 6.07) is 5.22. The Morgan fingerprint density at radius 2 is 2.19 bits per heavy atom. The van der Waals surface area contributed by atoms with Gasteiger partial charge in [0.1, 0.15) is 0 Å². The van der Waals surface area contributed by atoms with E-state index >= 15 is 0 Å². The Labute approximate surface area is 105 Å². The lowest BCUT2D eigenvalue weighted by molar-refractivity contribution is 0.321. The van der Waals surface area contributed by atoms with Crippen LogP contribution in [-0.4, -0.2) is 30.4 Å². The van der Waals surface area contributed by atoms with Gasteiger partial charge in [-0.05, 0) is 13.1 Å². The van der Waals surface area contributed by atoms with Crippen molar-refractivity contribution in [2.75, 3.05) is 20.7 Å². The Balaban J connectivity index is 2.73. The van der Waals surface area contributed by atoms with Crippen molar-refractivity contribution in [3.63, 3.8) is 0 Å². The first kappa shape index (κ1) is 13.5. The van der Waals surface area contributed by atoms with Crippen molar-refractivity contribution in [3.05, 3.63) is 29.6 Å². The summed E-state index contributed by atoms with van der Waals surface area (Å²) in [7, 11) is 3.45. The minimum absolute atomic E-state index is 0.265. The number of ether oxygens (including phenoxy) is 1. The fourth-order valence-corrected chi connectivity index (χ4v) is 2.12. The summed E-state index contributed by atoms with van der Waals surface area (Å²) in [4.78, 5) is 2.46. The van der Waals surface area contributed by atoms with Crippen molar-refractivity contribution in [1.82, 2.24) is 4.90 Å². The van der Waals surface area contributed by atoms with Gasteiger partial charge >= 0.3 is 0 Å². The number of rotatable bonds is 5. The molecule has 0 aromatic heterocycles. The average molecular weight is 290 g/mol. The van der Waals surface area contributed by atoms with E-state index in [0.29, 0.717) is 22.7 Å². The molecule has 0 saturated carbocycles. The highest BCUT2D eigenvalue weighted by Gasteiger charge is 2.11. The second-order valence-corrected chi connectivity index (χ2v) is 5.47. The summed E-state index contributed by atoms with van der Waals surface area (Å²) in [5, 5.41) is 0. The molecule has 0 bridgehead atoms. The first-order valence-electron chi connectivity index (χ1n) is 5.18. The molecule has 0 fully saturated rings. The van der Waals surface area contributed by atoms with Gasteiger partial charge in [-0.25, -0.2) is 4.39 Å². The third-order valence-electron chi connectivity index (χ3n) is 2.27. The van der Waals surface area contributed by atoms with Crippen LogP contribution in [0.5, 0.6) is 5.75 Å². The van der Waals surface area contributed by atoms with Crippen molar-refractivity contribution >= 4 is 15.9 Å². The Morgan fingerprint density at radius 3 is 2.75 bits per heavy atom. The normalized spacial score (nSPS) is 12.9. The Hall–Kier alpha value is -0.610. The molecule has 0 amide bonds. The number of halogens is 2. The number of hydrogen-bond donors (Lipinski definition) is 0. The lowest BCUT2D eigenvalue weighted by Gasteiger charge is -2.18. The zero-order valence-electron chi connectivity index (χ0n) is 9.84. The maximum atomic E-state index is 13.8. The molecule has 16 heavy (non-hydrogen) atoms. The van der Waals surface area contributed by atoms with Gasteiger partial charge in [-0.1, -0.05) is 35.0 Å². The van der Waals surface area contributed by atoms with E-state index in [4.69, 9.17) is 4.74 Å². The van der Waals surface area contributed by atoms with E-state index in [-0.39, 0.29) is 5.82 Å². The molecule has 4 heteroatoms. The number of nitrogens with zero attached hydrogens (tertiary/aromatic N) is 1. The molecular formula is C12H17BrFNO. The van der Waals surface area contributed by atoms with Crippen LogP contribution in [0.1, 0.15) is 12.5 Å². The van der Waals surface area contributed by atoms with Gasteiger partial charge in [0.25, 0.3) is 0 Å². The van der Waals surface area contributed by atoms with Crippen LogP contribution in [0.25, 0.3) is 0 Å². The Kier molecular flexibility index (Phi) is 5.22. The van der Waals surface area contributed by atoms with E-state index in [1.54, 1.807) is 12.1 Å². The minimum Gasteiger partial charge on any atom is -0.494 e. The molecule has 1 unspecified atom stereocenters. The second kappa shape index (κ2) is 6.21. The molecule has 0 aliphatic carbocycles. The van der Waals surface area contributed by atoms with Gasteiger partial charge < -0.3 is 9.64 Å². The summed E-state index contributed by atoms with van der Waals surface area (Å²) in [5.41, 5.74) is 0.662. The molecular weight excluding hydrogens is 273 g/mol. The van der Waals surface area contributed by atoms with Crippen molar-refractivity contribution in [2.45, 2.75) is 18.3 Å². The van der Waals surface area contributed by atoms with Gasteiger partial charge in [-0.3, -0.25) is 0 Å². The van der Waals surface area contributed by atoms with E-state index < -0.39 is 0 Å². The van der Waals surface area contributed by atoms with Gasteiger partial charge in [0.2, 0.25) is 0 Å². The van der Waals surface area contributed by atoms with Gasteiger partial charge in [0, 0.05) is 23.5 Å². The SMILES string of the molecule is COc1cccc(CN(C)CC(C)Br)c1F. The maximum absolute atomic E-state index is 13.8. The molecule has 2 nitrogen and oxygen atoms in total. The Morgan fingerprint density at radius 1 is 1.50 bits per heavy atom. The molecule has 0 spiro atoms. The molecule has 0 saturated heterocycles. The molecule has 1 rings (SSSR count). The highest BCUT2D eigenvalue weighted by molar-refractivity contribution is 9.09. The number of methoxy groups -OCH3 is 1. The molecule has 1 aromatic carbocycles. The molecule has 90 valence electrons. The smallest absolute Gasteiger partial charge is 0.169 e. The minimum atomic E-state index is -0.265. The predicted molar refractivity (Wildman–Crippen MR) is 67.7 cm³/mol. The summed E-state index contributed by atoms with van der Waals surface area (Å²) in [6.07, 6.45) is 0. The zero-order chi connectivity index (χ0) is 12.1. The van der Waals surface area contributed by atoms with Crippen LogP contribution >= 0.6 is 15.9 Å². The quantitative estimate of drug-likeness (QED) is 0.773. The molecule has 0 aliphatic rings. The van der Waals surface area contributed by atoms with Crippen LogP contribution in [0.4, 0.5) is 4.39 Å². The third-order valence-corrected chi connectivity index (χ3v) is 2.56. The highest BCUT2D eigenvalue weighted by atomic mass is 79.9. The third kappa shape index (κ3) is 3.76. The van der Waals surface area contributed by atoms with Crippen LogP contribution in [0.2, 0.25) is 0 Å². The number of benzene rings is 1. The molecule has 1 atom stereocenters. The van der Waals surface area contributed by atoms with Crippen molar-refractivity contribution in [2.24, 2.45) is 0 Å². The predicted octanol–water partition coefficient (Wildman–Crippen LogP) is 3.05. The average Bonchev–Trinajstić information content (AvgIpc) is 2.20. The van der Waals surface area contributed by atoms with E-state index in [1.165, 1.54) is 7.11 Å². The van der Waals surface area contributed by atoms with E-state index in [0.717, 1.165) is 6.54 Å². The van der Waals surface area contributed by atoms with E-state index in [1.807, 2.05) is 13.1 Å². The molecule has 0 aliphatic heterocycles. The summed E-state index contributed by atoms with van der Waals surface area (Å²) in [6.45, 7) is 3.52. The molecule has 0 heterocycles. The van der Waals surface area contributed by atoms with Gasteiger partial charge in [-0.2, -0.15) is 0 Å². The standard InChI is InChI=1S/C12H17BrFNO/c1-9(13)7-15(2)8-10-5-4-6-11(16-3)12(10)14/h4-6,9H,7-8H2,1-3H3. The first-order chi connectivity index (χ1) is 7.54. The van der Waals surface area contributed by atoms with Crippen LogP contribution in [0.15, 0.2) is 18.2 Å². The fraction of sp³-hybridized carbons (Fsp3) is 0.500. The van der Waals surface area contributed by atoms with Gasteiger partial charge in [0.15, 0.2) is 11.6 Å². The van der Waals surface area contributed by atoms with Gasteiger partial charge in [-0.15, -0.1) is 0 Å². The van der Waals surface area contributed by atoms with Crippen LogP contribution in [-0.2, 0) is 6.54 Å². The molecule has 0 N–H and O–H groups in total. The highest BCUT2D eigenvalue weighted by Crippen LogP contribution is 2.21. The zero-order valence-corrected chi connectivity index (χ0v) is 11.4. The monoisotopic (exact) mass is 289 g/mol. The van der Waals surface area contributed by atoms with Crippen molar-refractivity contribution in [1.29, 1.82) is 0 Å². The summed E-state index contributed by atoms with van der Waals surface area (Å²) < 4.78 is 18.8. The fourth-order valence-electron chi connectivity index (χ4n) is 1.62. The topological polar surface area (TPSA) is 12.5 Å². The second-order valence-electron chi connectivity index (χ2n) is 3.91. The Bertz CT molecular complexity index is 344. The van der Waals surface area contributed by atoms with Crippen molar-refractivity contribution < 1.29 is 9.13 Å².